The predicted octanol–water partition coefficient (Wildman–Crippen LogP) is 3.80. The molecule has 1 atom stereocenters. The van der Waals surface area contributed by atoms with Gasteiger partial charge in [-0.3, -0.25) is 4.79 Å². The first-order chi connectivity index (χ1) is 15.0. The van der Waals surface area contributed by atoms with Gasteiger partial charge < -0.3 is 5.32 Å². The van der Waals surface area contributed by atoms with Gasteiger partial charge >= 0.3 is 6.18 Å². The van der Waals surface area contributed by atoms with E-state index in [4.69, 9.17) is 23.2 Å². The number of alkyl halides is 3. The van der Waals surface area contributed by atoms with E-state index in [0.29, 0.717) is 11.6 Å². The maximum Gasteiger partial charge on any atom is 0.416 e. The highest BCUT2D eigenvalue weighted by Gasteiger charge is 2.32. The lowest BCUT2D eigenvalue weighted by atomic mass is 10.1. The van der Waals surface area contributed by atoms with Crippen LogP contribution in [-0.4, -0.2) is 34.5 Å². The number of rotatable bonds is 4. The Morgan fingerprint density at radius 1 is 1.16 bits per heavy atom. The fourth-order valence-corrected chi connectivity index (χ4v) is 3.46. The molecule has 4 aromatic rings. The van der Waals surface area contributed by atoms with Crippen molar-refractivity contribution < 1.29 is 13.2 Å². The lowest BCUT2D eigenvalue weighted by molar-refractivity contribution is -0.137. The van der Waals surface area contributed by atoms with E-state index in [0.717, 1.165) is 16.8 Å². The third-order valence-electron chi connectivity index (χ3n) is 4.53. The summed E-state index contributed by atoms with van der Waals surface area (Å²) in [5.41, 5.74) is -1.19. The summed E-state index contributed by atoms with van der Waals surface area (Å²) < 4.78 is 42.4. The summed E-state index contributed by atoms with van der Waals surface area (Å²) in [6.07, 6.45) is -3.33. The molecule has 4 rings (SSSR count). The van der Waals surface area contributed by atoms with Crippen molar-refractivity contribution in [3.63, 3.8) is 0 Å². The molecule has 0 aliphatic carbocycles. The van der Waals surface area contributed by atoms with Gasteiger partial charge in [-0.25, -0.2) is 19.6 Å². The zero-order valence-corrected chi connectivity index (χ0v) is 17.9. The summed E-state index contributed by atoms with van der Waals surface area (Å²) in [4.78, 5) is 23.8. The van der Waals surface area contributed by atoms with E-state index in [9.17, 15) is 18.0 Å². The van der Waals surface area contributed by atoms with Crippen molar-refractivity contribution in [3.8, 4) is 5.82 Å². The van der Waals surface area contributed by atoms with Crippen LogP contribution in [0.4, 0.5) is 19.0 Å². The van der Waals surface area contributed by atoms with Crippen LogP contribution in [0.1, 0.15) is 24.4 Å². The Kier molecular flexibility index (Phi) is 5.51. The minimum Gasteiger partial charge on any atom is -0.360 e. The van der Waals surface area contributed by atoms with Crippen LogP contribution in [0.5, 0.6) is 0 Å². The summed E-state index contributed by atoms with van der Waals surface area (Å²) in [6, 6.07) is 3.86. The molecule has 0 unspecified atom stereocenters. The SMILES string of the molecule is C[C@H](Nc1nc(Cl)nc2c(Cl)cc(C(F)(F)F)cc12)c1ncnn1-c1ccc(=O)n(C)n1. The highest BCUT2D eigenvalue weighted by molar-refractivity contribution is 6.36. The summed E-state index contributed by atoms with van der Waals surface area (Å²) >= 11 is 12.0. The van der Waals surface area contributed by atoms with Gasteiger partial charge in [0.05, 0.1) is 22.1 Å². The van der Waals surface area contributed by atoms with Crippen LogP contribution >= 0.6 is 23.2 Å². The predicted molar refractivity (Wildman–Crippen MR) is 111 cm³/mol. The molecule has 0 fully saturated rings. The van der Waals surface area contributed by atoms with Crippen molar-refractivity contribution in [3.05, 3.63) is 62.6 Å². The molecular formula is C18H13Cl2F3N8O. The van der Waals surface area contributed by atoms with Crippen molar-refractivity contribution in [1.29, 1.82) is 0 Å². The molecular weight excluding hydrogens is 472 g/mol. The van der Waals surface area contributed by atoms with Gasteiger partial charge in [-0.15, -0.1) is 5.10 Å². The quantitative estimate of drug-likeness (QED) is 0.439. The van der Waals surface area contributed by atoms with Crippen LogP contribution in [0, 0.1) is 0 Å². The van der Waals surface area contributed by atoms with Gasteiger partial charge in [-0.1, -0.05) is 11.6 Å². The van der Waals surface area contributed by atoms with Gasteiger partial charge in [0.25, 0.3) is 5.56 Å². The molecule has 1 aromatic carbocycles. The van der Waals surface area contributed by atoms with Gasteiger partial charge in [0.1, 0.15) is 12.1 Å². The van der Waals surface area contributed by atoms with Gasteiger partial charge in [0.15, 0.2) is 11.6 Å². The molecule has 3 heterocycles. The molecule has 14 heteroatoms. The molecule has 32 heavy (non-hydrogen) atoms. The fraction of sp³-hybridized carbons (Fsp3) is 0.222. The number of aryl methyl sites for hydroxylation is 1. The minimum absolute atomic E-state index is 0.0310. The maximum absolute atomic E-state index is 13.3. The average molecular weight is 485 g/mol. The molecule has 0 aliphatic rings. The smallest absolute Gasteiger partial charge is 0.360 e. The average Bonchev–Trinajstić information content (AvgIpc) is 3.20. The van der Waals surface area contributed by atoms with Crippen molar-refractivity contribution in [1.82, 2.24) is 34.5 Å². The van der Waals surface area contributed by atoms with E-state index in [1.807, 2.05) is 0 Å². The number of aromatic nitrogens is 7. The standard InChI is InChI=1S/C18H13Cl2F3N8O/c1-8(16-24-7-25-31(16)12-3-4-13(32)30(2)29-12)26-15-10-5-9(18(21,22)23)6-11(19)14(10)27-17(20)28-15/h3-8H,1-2H3,(H,26,27,28)/t8-/m0/s1. The largest absolute Gasteiger partial charge is 0.416 e. The van der Waals surface area contributed by atoms with Crippen LogP contribution in [-0.2, 0) is 13.2 Å². The lowest BCUT2D eigenvalue weighted by Crippen LogP contribution is -2.22. The molecule has 0 aliphatic heterocycles. The van der Waals surface area contributed by atoms with Crippen LogP contribution in [0.15, 0.2) is 35.4 Å². The Morgan fingerprint density at radius 3 is 2.59 bits per heavy atom. The Morgan fingerprint density at radius 2 is 1.91 bits per heavy atom. The van der Waals surface area contributed by atoms with Crippen LogP contribution < -0.4 is 10.9 Å². The molecule has 0 amide bonds. The van der Waals surface area contributed by atoms with E-state index in [2.05, 4.69) is 30.5 Å². The second-order valence-electron chi connectivity index (χ2n) is 6.74. The second kappa shape index (κ2) is 8.02. The molecule has 0 spiro atoms. The molecule has 3 aromatic heterocycles. The van der Waals surface area contributed by atoms with Gasteiger partial charge in [0.2, 0.25) is 5.28 Å². The lowest BCUT2D eigenvalue weighted by Gasteiger charge is -2.17. The molecule has 9 nitrogen and oxygen atoms in total. The third-order valence-corrected chi connectivity index (χ3v) is 4.99. The summed E-state index contributed by atoms with van der Waals surface area (Å²) in [5.74, 6) is 0.710. The highest BCUT2D eigenvalue weighted by Crippen LogP contribution is 2.37. The van der Waals surface area contributed by atoms with E-state index < -0.39 is 17.8 Å². The molecule has 0 saturated carbocycles. The van der Waals surface area contributed by atoms with Gasteiger partial charge in [0, 0.05) is 18.5 Å². The van der Waals surface area contributed by atoms with E-state index in [1.54, 1.807) is 6.92 Å². The Labute approximate surface area is 187 Å². The van der Waals surface area contributed by atoms with Crippen molar-refractivity contribution in [2.24, 2.45) is 7.05 Å². The number of nitrogens with zero attached hydrogens (tertiary/aromatic N) is 7. The Balaban J connectivity index is 1.77. The number of benzene rings is 1. The molecule has 0 bridgehead atoms. The van der Waals surface area contributed by atoms with E-state index in [1.165, 1.54) is 30.2 Å². The zero-order valence-electron chi connectivity index (χ0n) is 16.4. The second-order valence-corrected chi connectivity index (χ2v) is 7.49. The number of nitrogens with one attached hydrogen (secondary N) is 1. The number of hydrogen-bond donors (Lipinski definition) is 1. The van der Waals surface area contributed by atoms with Crippen molar-refractivity contribution >= 4 is 39.9 Å². The monoisotopic (exact) mass is 484 g/mol. The normalized spacial score (nSPS) is 12.8. The Bertz CT molecular complexity index is 1390. The van der Waals surface area contributed by atoms with Crippen molar-refractivity contribution in [2.45, 2.75) is 19.1 Å². The first-order valence-electron chi connectivity index (χ1n) is 9.00. The number of anilines is 1. The topological polar surface area (TPSA) is 103 Å². The number of halogens is 5. The number of hydrogen-bond acceptors (Lipinski definition) is 7. The maximum atomic E-state index is 13.3. The summed E-state index contributed by atoms with van der Waals surface area (Å²) in [7, 11) is 1.49. The Hall–Kier alpha value is -3.25. The molecule has 166 valence electrons. The van der Waals surface area contributed by atoms with Crippen LogP contribution in [0.2, 0.25) is 10.3 Å². The zero-order chi connectivity index (χ0) is 23.2. The van der Waals surface area contributed by atoms with E-state index >= 15 is 0 Å². The highest BCUT2D eigenvalue weighted by atomic mass is 35.5. The van der Waals surface area contributed by atoms with Gasteiger partial charge in [-0.05, 0) is 36.7 Å². The minimum atomic E-state index is -4.62. The van der Waals surface area contributed by atoms with Gasteiger partial charge in [-0.2, -0.15) is 23.0 Å². The van der Waals surface area contributed by atoms with Crippen molar-refractivity contribution in [2.75, 3.05) is 5.32 Å². The third kappa shape index (κ3) is 4.10. The van der Waals surface area contributed by atoms with Crippen LogP contribution in [0.3, 0.4) is 0 Å². The molecule has 0 saturated heterocycles. The van der Waals surface area contributed by atoms with E-state index in [-0.39, 0.29) is 32.6 Å². The molecule has 0 radical (unpaired) electrons. The van der Waals surface area contributed by atoms with Crippen LogP contribution in [0.25, 0.3) is 16.7 Å². The number of fused-ring (bicyclic) bond motifs is 1. The summed E-state index contributed by atoms with van der Waals surface area (Å²) in [5, 5.41) is 10.9. The first kappa shape index (κ1) is 22.0. The molecule has 1 N–H and O–H groups in total. The first-order valence-corrected chi connectivity index (χ1v) is 9.75. The fourth-order valence-electron chi connectivity index (χ4n) is 3.03. The summed E-state index contributed by atoms with van der Waals surface area (Å²) in [6.45, 7) is 1.69.